The van der Waals surface area contributed by atoms with Crippen molar-refractivity contribution in [3.8, 4) is 0 Å². The first-order chi connectivity index (χ1) is 11.8. The molecule has 4 rings (SSSR count). The number of amides is 1. The van der Waals surface area contributed by atoms with Crippen molar-refractivity contribution in [3.63, 3.8) is 0 Å². The highest BCUT2D eigenvalue weighted by molar-refractivity contribution is 7.99. The van der Waals surface area contributed by atoms with Crippen molar-refractivity contribution in [2.24, 2.45) is 0 Å². The largest absolute Gasteiger partial charge is 0.363 e. The van der Waals surface area contributed by atoms with Gasteiger partial charge in [0.25, 0.3) is 5.91 Å². The van der Waals surface area contributed by atoms with Gasteiger partial charge in [0.2, 0.25) is 0 Å². The Bertz CT molecular complexity index is 701. The molecular formula is C19H21NO2S2. The fourth-order valence-electron chi connectivity index (χ4n) is 3.40. The monoisotopic (exact) mass is 359 g/mol. The summed E-state index contributed by atoms with van der Waals surface area (Å²) in [7, 11) is 0. The highest BCUT2D eigenvalue weighted by Crippen LogP contribution is 2.37. The molecule has 126 valence electrons. The molecule has 1 aromatic carbocycles. The van der Waals surface area contributed by atoms with Gasteiger partial charge in [-0.2, -0.15) is 11.8 Å². The number of ether oxygens (including phenoxy) is 1. The van der Waals surface area contributed by atoms with Gasteiger partial charge in [0.15, 0.2) is 0 Å². The fourth-order valence-corrected chi connectivity index (χ4v) is 5.64. The van der Waals surface area contributed by atoms with E-state index in [1.807, 2.05) is 40.1 Å². The van der Waals surface area contributed by atoms with Gasteiger partial charge in [0.05, 0.1) is 6.61 Å². The molecule has 0 spiro atoms. The molecule has 0 aliphatic carbocycles. The van der Waals surface area contributed by atoms with Crippen molar-refractivity contribution in [1.29, 1.82) is 0 Å². The van der Waals surface area contributed by atoms with E-state index < -0.39 is 0 Å². The van der Waals surface area contributed by atoms with Crippen molar-refractivity contribution < 1.29 is 9.53 Å². The molecule has 1 aromatic heterocycles. The van der Waals surface area contributed by atoms with Crippen molar-refractivity contribution in [3.05, 3.63) is 57.8 Å². The van der Waals surface area contributed by atoms with E-state index >= 15 is 0 Å². The summed E-state index contributed by atoms with van der Waals surface area (Å²) in [5.41, 5.74) is 2.47. The summed E-state index contributed by atoms with van der Waals surface area (Å²) >= 11 is 3.79. The minimum absolute atomic E-state index is 0.164. The van der Waals surface area contributed by atoms with Gasteiger partial charge in [-0.15, -0.1) is 11.3 Å². The number of carbonyl (C=O) groups excluding carboxylic acids is 1. The molecule has 24 heavy (non-hydrogen) atoms. The summed E-state index contributed by atoms with van der Waals surface area (Å²) in [6.45, 7) is 2.20. The average Bonchev–Trinajstić information content (AvgIpc) is 3.05. The molecule has 1 fully saturated rings. The number of carbonyl (C=O) groups is 1. The van der Waals surface area contributed by atoms with Gasteiger partial charge in [0, 0.05) is 35.4 Å². The average molecular weight is 360 g/mol. The van der Waals surface area contributed by atoms with E-state index in [4.69, 9.17) is 4.74 Å². The van der Waals surface area contributed by atoms with Gasteiger partial charge >= 0.3 is 0 Å². The number of thioether (sulfide) groups is 1. The first kappa shape index (κ1) is 16.2. The van der Waals surface area contributed by atoms with Crippen molar-refractivity contribution in [2.75, 3.05) is 18.8 Å². The van der Waals surface area contributed by atoms with E-state index in [0.717, 1.165) is 25.3 Å². The van der Waals surface area contributed by atoms with Crippen LogP contribution in [0, 0.1) is 0 Å². The minimum Gasteiger partial charge on any atom is -0.363 e. The van der Waals surface area contributed by atoms with Gasteiger partial charge < -0.3 is 9.64 Å². The third kappa shape index (κ3) is 3.39. The molecule has 3 nitrogen and oxygen atoms in total. The molecule has 1 saturated heterocycles. The Morgan fingerprint density at radius 3 is 2.83 bits per heavy atom. The Kier molecular flexibility index (Phi) is 4.92. The van der Waals surface area contributed by atoms with Crippen LogP contribution < -0.4 is 0 Å². The molecule has 2 unspecified atom stereocenters. The zero-order valence-electron chi connectivity index (χ0n) is 13.5. The van der Waals surface area contributed by atoms with Crippen LogP contribution in [-0.4, -0.2) is 35.8 Å². The third-order valence-electron chi connectivity index (χ3n) is 4.75. The number of thiophene rings is 1. The van der Waals surface area contributed by atoms with Gasteiger partial charge in [0.1, 0.15) is 6.10 Å². The number of rotatable bonds is 2. The van der Waals surface area contributed by atoms with Crippen LogP contribution in [0.4, 0.5) is 0 Å². The van der Waals surface area contributed by atoms with Crippen LogP contribution in [0.5, 0.6) is 0 Å². The lowest BCUT2D eigenvalue weighted by Crippen LogP contribution is -2.43. The summed E-state index contributed by atoms with van der Waals surface area (Å²) in [4.78, 5) is 16.3. The number of hydrogen-bond donors (Lipinski definition) is 0. The molecule has 0 bridgehead atoms. The lowest BCUT2D eigenvalue weighted by Gasteiger charge is -2.29. The zero-order valence-corrected chi connectivity index (χ0v) is 15.2. The Hall–Kier alpha value is -1.30. The van der Waals surface area contributed by atoms with Crippen LogP contribution in [0.2, 0.25) is 0 Å². The number of fused-ring (bicyclic) bond motifs is 1. The number of hydrogen-bond acceptors (Lipinski definition) is 4. The van der Waals surface area contributed by atoms with Crippen LogP contribution in [0.3, 0.4) is 0 Å². The fraction of sp³-hybridized carbons (Fsp3) is 0.421. The molecular weight excluding hydrogens is 338 g/mol. The molecule has 2 atom stereocenters. The molecule has 1 amide bonds. The van der Waals surface area contributed by atoms with Crippen LogP contribution in [0.25, 0.3) is 0 Å². The van der Waals surface area contributed by atoms with Gasteiger partial charge in [-0.3, -0.25) is 4.79 Å². The van der Waals surface area contributed by atoms with Crippen LogP contribution in [0.15, 0.2) is 41.8 Å². The second-order valence-electron chi connectivity index (χ2n) is 6.26. The lowest BCUT2D eigenvalue weighted by atomic mass is 9.98. The zero-order chi connectivity index (χ0) is 16.4. The first-order valence-corrected chi connectivity index (χ1v) is 10.4. The van der Waals surface area contributed by atoms with E-state index in [2.05, 4.69) is 29.6 Å². The van der Waals surface area contributed by atoms with Crippen LogP contribution in [-0.2, 0) is 22.6 Å². The number of benzene rings is 1. The molecule has 0 radical (unpaired) electrons. The van der Waals surface area contributed by atoms with Gasteiger partial charge in [-0.25, -0.2) is 0 Å². The molecule has 2 aliphatic rings. The van der Waals surface area contributed by atoms with Gasteiger partial charge in [-0.05, 0) is 29.0 Å². The lowest BCUT2D eigenvalue weighted by molar-refractivity contribution is -0.145. The predicted molar refractivity (Wildman–Crippen MR) is 99.4 cm³/mol. The standard InChI is InChI=1S/C19H21NO2S2/c21-19(16-12-14-4-1-2-5-15(14)13-22-16)20-8-7-18(24-11-9-20)17-6-3-10-23-17/h1-6,10,16,18H,7-9,11-13H2. The predicted octanol–water partition coefficient (Wildman–Crippen LogP) is 3.90. The molecule has 3 heterocycles. The normalized spacial score (nSPS) is 24.2. The summed E-state index contributed by atoms with van der Waals surface area (Å²) in [5, 5.41) is 2.66. The van der Waals surface area contributed by atoms with E-state index in [-0.39, 0.29) is 12.0 Å². The van der Waals surface area contributed by atoms with Crippen molar-refractivity contribution >= 4 is 29.0 Å². The Morgan fingerprint density at radius 1 is 1.12 bits per heavy atom. The van der Waals surface area contributed by atoms with Crippen molar-refractivity contribution in [2.45, 2.75) is 30.8 Å². The van der Waals surface area contributed by atoms with E-state index in [0.29, 0.717) is 18.3 Å². The summed E-state index contributed by atoms with van der Waals surface area (Å²) in [6.07, 6.45) is 1.41. The summed E-state index contributed by atoms with van der Waals surface area (Å²) < 4.78 is 5.86. The topological polar surface area (TPSA) is 29.5 Å². The smallest absolute Gasteiger partial charge is 0.252 e. The van der Waals surface area contributed by atoms with Crippen LogP contribution in [0.1, 0.15) is 27.7 Å². The molecule has 0 N–H and O–H groups in total. The highest BCUT2D eigenvalue weighted by atomic mass is 32.2. The maximum atomic E-state index is 12.9. The van der Waals surface area contributed by atoms with E-state index in [1.165, 1.54) is 16.0 Å². The number of nitrogens with zero attached hydrogens (tertiary/aromatic N) is 1. The quantitative estimate of drug-likeness (QED) is 0.814. The second kappa shape index (κ2) is 7.30. The summed E-state index contributed by atoms with van der Waals surface area (Å²) in [6, 6.07) is 12.6. The van der Waals surface area contributed by atoms with E-state index in [1.54, 1.807) is 0 Å². The Balaban J connectivity index is 1.40. The van der Waals surface area contributed by atoms with Gasteiger partial charge in [-0.1, -0.05) is 30.3 Å². The van der Waals surface area contributed by atoms with Crippen LogP contribution >= 0.6 is 23.1 Å². The first-order valence-electron chi connectivity index (χ1n) is 8.43. The molecule has 2 aliphatic heterocycles. The second-order valence-corrected chi connectivity index (χ2v) is 8.55. The minimum atomic E-state index is -0.316. The molecule has 0 saturated carbocycles. The molecule has 5 heteroatoms. The SMILES string of the molecule is O=C(C1Cc2ccccc2CO1)N1CCSC(c2cccs2)CC1. The third-order valence-corrected chi connectivity index (χ3v) is 7.20. The highest BCUT2D eigenvalue weighted by Gasteiger charge is 2.31. The van der Waals surface area contributed by atoms with Crippen molar-refractivity contribution in [1.82, 2.24) is 4.90 Å². The van der Waals surface area contributed by atoms with E-state index in [9.17, 15) is 4.79 Å². The maximum absolute atomic E-state index is 12.9. The Morgan fingerprint density at radius 2 is 2.00 bits per heavy atom. The Labute approximate surface area is 151 Å². The molecule has 2 aromatic rings. The maximum Gasteiger partial charge on any atom is 0.252 e. The summed E-state index contributed by atoms with van der Waals surface area (Å²) in [5.74, 6) is 1.16.